The number of nitrogens with zero attached hydrogens (tertiary/aromatic N) is 3. The van der Waals surface area contributed by atoms with Crippen LogP contribution in [0.4, 0.5) is 5.69 Å². The lowest BCUT2D eigenvalue weighted by Gasteiger charge is -2.21. The normalized spacial score (nSPS) is 13.3. The summed E-state index contributed by atoms with van der Waals surface area (Å²) < 4.78 is 4.92. The predicted octanol–water partition coefficient (Wildman–Crippen LogP) is 3.69. The minimum atomic E-state index is -0.564. The van der Waals surface area contributed by atoms with Gasteiger partial charge in [0, 0.05) is 23.6 Å². The van der Waals surface area contributed by atoms with Gasteiger partial charge in [-0.3, -0.25) is 14.9 Å². The molecule has 1 fully saturated rings. The summed E-state index contributed by atoms with van der Waals surface area (Å²) in [6.07, 6.45) is 1.74. The number of halogens is 1. The van der Waals surface area contributed by atoms with E-state index in [9.17, 15) is 19.7 Å². The number of amides is 1. The van der Waals surface area contributed by atoms with E-state index in [1.165, 1.54) is 29.5 Å². The fraction of sp³-hybridized carbons (Fsp3) is 0.353. The van der Waals surface area contributed by atoms with Crippen molar-refractivity contribution >= 4 is 40.5 Å². The zero-order valence-corrected chi connectivity index (χ0v) is 16.0. The molecule has 1 aromatic heterocycles. The molecule has 8 nitrogen and oxygen atoms in total. The van der Waals surface area contributed by atoms with Crippen molar-refractivity contribution in [3.05, 3.63) is 55.0 Å². The maximum Gasteiger partial charge on any atom is 0.357 e. The first-order chi connectivity index (χ1) is 12.9. The van der Waals surface area contributed by atoms with Crippen LogP contribution >= 0.6 is 22.9 Å². The molecule has 142 valence electrons. The van der Waals surface area contributed by atoms with Crippen LogP contribution in [0.2, 0.25) is 5.02 Å². The average Bonchev–Trinajstić information content (AvgIpc) is 3.36. The van der Waals surface area contributed by atoms with E-state index >= 15 is 0 Å². The summed E-state index contributed by atoms with van der Waals surface area (Å²) in [4.78, 5) is 40.8. The van der Waals surface area contributed by atoms with E-state index < -0.39 is 10.9 Å². The molecule has 0 atom stereocenters. The maximum atomic E-state index is 12.9. The number of non-ortho nitro benzene ring substituents is 1. The highest BCUT2D eigenvalue weighted by Crippen LogP contribution is 2.32. The Kier molecular flexibility index (Phi) is 5.71. The number of ether oxygens (including phenoxy) is 1. The van der Waals surface area contributed by atoms with Crippen LogP contribution in [0.5, 0.6) is 0 Å². The first-order valence-electron chi connectivity index (χ1n) is 8.27. The summed E-state index contributed by atoms with van der Waals surface area (Å²) in [6, 6.07) is 3.86. The Hall–Kier alpha value is -2.52. The van der Waals surface area contributed by atoms with Gasteiger partial charge in [-0.2, -0.15) is 0 Å². The fourth-order valence-electron chi connectivity index (χ4n) is 2.53. The Morgan fingerprint density at radius 1 is 1.44 bits per heavy atom. The molecule has 1 heterocycles. The standard InChI is InChI=1S/C17H16ClN3O5S/c1-2-26-17(23)14-9-27-15(19-14)8-20(10-3-4-10)16(22)12-6-5-11(21(24)25)7-13(12)18/h5-7,9-10H,2-4,8H2,1H3. The number of nitro groups is 1. The molecule has 1 saturated carbocycles. The van der Waals surface area contributed by atoms with Gasteiger partial charge in [0.25, 0.3) is 11.6 Å². The van der Waals surface area contributed by atoms with Crippen LogP contribution in [-0.2, 0) is 11.3 Å². The number of carbonyl (C=O) groups excluding carboxylic acids is 2. The number of thiazole rings is 1. The number of nitro benzene ring substituents is 1. The Balaban J connectivity index is 1.79. The van der Waals surface area contributed by atoms with E-state index in [0.29, 0.717) is 5.01 Å². The van der Waals surface area contributed by atoms with Crippen molar-refractivity contribution in [2.75, 3.05) is 6.61 Å². The molecule has 0 saturated heterocycles. The fourth-order valence-corrected chi connectivity index (χ4v) is 3.54. The maximum absolute atomic E-state index is 12.9. The number of hydrogen-bond acceptors (Lipinski definition) is 7. The van der Waals surface area contributed by atoms with Gasteiger partial charge in [-0.05, 0) is 25.8 Å². The number of benzene rings is 1. The minimum absolute atomic E-state index is 0.0335. The second-order valence-electron chi connectivity index (χ2n) is 5.93. The first-order valence-corrected chi connectivity index (χ1v) is 9.53. The van der Waals surface area contributed by atoms with Gasteiger partial charge < -0.3 is 9.64 Å². The van der Waals surface area contributed by atoms with E-state index in [4.69, 9.17) is 16.3 Å². The van der Waals surface area contributed by atoms with Gasteiger partial charge >= 0.3 is 5.97 Å². The molecule has 0 bridgehead atoms. The summed E-state index contributed by atoms with van der Waals surface area (Å²) in [5.74, 6) is -0.812. The largest absolute Gasteiger partial charge is 0.461 e. The number of hydrogen-bond donors (Lipinski definition) is 0. The molecule has 1 aliphatic rings. The Bertz CT molecular complexity index is 896. The van der Waals surface area contributed by atoms with Gasteiger partial charge in [0.05, 0.1) is 28.7 Å². The highest BCUT2D eigenvalue weighted by atomic mass is 35.5. The van der Waals surface area contributed by atoms with Crippen LogP contribution in [0.1, 0.15) is 45.6 Å². The molecule has 27 heavy (non-hydrogen) atoms. The van der Waals surface area contributed by atoms with Gasteiger partial charge in [0.2, 0.25) is 0 Å². The molecule has 10 heteroatoms. The van der Waals surface area contributed by atoms with E-state index in [0.717, 1.165) is 12.8 Å². The second-order valence-corrected chi connectivity index (χ2v) is 7.28. The number of esters is 1. The van der Waals surface area contributed by atoms with E-state index in [1.54, 1.807) is 17.2 Å². The van der Waals surface area contributed by atoms with Crippen LogP contribution in [0.25, 0.3) is 0 Å². The second kappa shape index (κ2) is 8.01. The molecule has 0 unspecified atom stereocenters. The summed E-state index contributed by atoms with van der Waals surface area (Å²) in [5.41, 5.74) is 0.248. The van der Waals surface area contributed by atoms with Crippen molar-refractivity contribution in [3.8, 4) is 0 Å². The van der Waals surface area contributed by atoms with Crippen LogP contribution < -0.4 is 0 Å². The summed E-state index contributed by atoms with van der Waals surface area (Å²) in [7, 11) is 0. The molecule has 2 aromatic rings. The zero-order chi connectivity index (χ0) is 19.6. The van der Waals surface area contributed by atoms with Crippen molar-refractivity contribution in [1.82, 2.24) is 9.88 Å². The summed E-state index contributed by atoms with van der Waals surface area (Å²) in [6.45, 7) is 2.21. The number of rotatable bonds is 7. The van der Waals surface area contributed by atoms with Gasteiger partial charge in [-0.1, -0.05) is 11.6 Å². The van der Waals surface area contributed by atoms with Crippen molar-refractivity contribution in [3.63, 3.8) is 0 Å². The number of aromatic nitrogens is 1. The van der Waals surface area contributed by atoms with Crippen molar-refractivity contribution in [2.24, 2.45) is 0 Å². The van der Waals surface area contributed by atoms with E-state index in [-0.39, 0.29) is 47.1 Å². The lowest BCUT2D eigenvalue weighted by Crippen LogP contribution is -2.32. The third-order valence-corrected chi connectivity index (χ3v) is 5.13. The molecular formula is C17H16ClN3O5S. The van der Waals surface area contributed by atoms with Crippen LogP contribution in [-0.4, -0.2) is 39.3 Å². The molecule has 1 aliphatic carbocycles. The molecule has 0 spiro atoms. The molecule has 0 aliphatic heterocycles. The van der Waals surface area contributed by atoms with Gasteiger partial charge in [0.1, 0.15) is 5.01 Å². The van der Waals surface area contributed by atoms with E-state index in [2.05, 4.69) is 4.98 Å². The average molecular weight is 410 g/mol. The molecule has 3 rings (SSSR count). The van der Waals surface area contributed by atoms with Crippen molar-refractivity contribution in [2.45, 2.75) is 32.4 Å². The third-order valence-electron chi connectivity index (χ3n) is 3.98. The predicted molar refractivity (Wildman–Crippen MR) is 99.1 cm³/mol. The van der Waals surface area contributed by atoms with Crippen LogP contribution in [0.3, 0.4) is 0 Å². The number of carbonyl (C=O) groups is 2. The molecule has 1 aromatic carbocycles. The molecule has 0 N–H and O–H groups in total. The summed E-state index contributed by atoms with van der Waals surface area (Å²) >= 11 is 7.37. The Morgan fingerprint density at radius 3 is 2.78 bits per heavy atom. The molecule has 1 amide bonds. The van der Waals surface area contributed by atoms with Gasteiger partial charge in [0.15, 0.2) is 5.69 Å². The smallest absolute Gasteiger partial charge is 0.357 e. The lowest BCUT2D eigenvalue weighted by atomic mass is 10.1. The lowest BCUT2D eigenvalue weighted by molar-refractivity contribution is -0.384. The Labute approximate surface area is 163 Å². The van der Waals surface area contributed by atoms with Gasteiger partial charge in [-0.25, -0.2) is 9.78 Å². The minimum Gasteiger partial charge on any atom is -0.461 e. The molecule has 0 radical (unpaired) electrons. The Morgan fingerprint density at radius 2 is 2.19 bits per heavy atom. The highest BCUT2D eigenvalue weighted by Gasteiger charge is 2.34. The van der Waals surface area contributed by atoms with Crippen molar-refractivity contribution in [1.29, 1.82) is 0 Å². The highest BCUT2D eigenvalue weighted by molar-refractivity contribution is 7.09. The first kappa shape index (κ1) is 19.2. The van der Waals surface area contributed by atoms with Gasteiger partial charge in [-0.15, -0.1) is 11.3 Å². The van der Waals surface area contributed by atoms with E-state index in [1.807, 2.05) is 0 Å². The SMILES string of the molecule is CCOC(=O)c1csc(CN(C(=O)c2ccc([N+](=O)[O-])cc2Cl)C2CC2)n1. The zero-order valence-electron chi connectivity index (χ0n) is 14.4. The van der Waals surface area contributed by atoms with Crippen LogP contribution in [0, 0.1) is 10.1 Å². The monoisotopic (exact) mass is 409 g/mol. The van der Waals surface area contributed by atoms with Crippen molar-refractivity contribution < 1.29 is 19.2 Å². The third kappa shape index (κ3) is 4.42. The van der Waals surface area contributed by atoms with Crippen LogP contribution in [0.15, 0.2) is 23.6 Å². The molecular weight excluding hydrogens is 394 g/mol. The summed E-state index contributed by atoms with van der Waals surface area (Å²) in [5, 5.41) is 13.1. The quantitative estimate of drug-likeness (QED) is 0.392. The topological polar surface area (TPSA) is 103 Å².